The minimum Gasteiger partial charge on any atom is -0.309 e. The maximum atomic E-state index is 8.60. The Balaban J connectivity index is 0.000000280. The maximum absolute atomic E-state index is 8.60. The molecular weight excluding hydrogens is 260 g/mol. The highest BCUT2D eigenvalue weighted by Gasteiger charge is 2.16. The molecule has 0 aliphatic carbocycles. The van der Waals surface area contributed by atoms with E-state index in [1.807, 2.05) is 6.07 Å². The number of halogens is 1. The van der Waals surface area contributed by atoms with E-state index < -0.39 is 10.2 Å². The molecule has 1 aliphatic rings. The minimum atomic E-state index is -4.69. The van der Waals surface area contributed by atoms with Crippen LogP contribution < -0.4 is 14.0 Å². The zero-order chi connectivity index (χ0) is 13.8. The molecule has 2 rings (SSSR count). The molecule has 7 heteroatoms. The summed E-state index contributed by atoms with van der Waals surface area (Å²) in [5.74, 6) is 0. The van der Waals surface area contributed by atoms with E-state index in [-0.39, 0.29) is 0 Å². The maximum Gasteiger partial charge on any atom is 0.0777 e. The average Bonchev–Trinajstić information content (AvgIpc) is 2.59. The molecule has 0 atom stereocenters. The van der Waals surface area contributed by atoms with Gasteiger partial charge in [0.05, 0.1) is 20.6 Å². The van der Waals surface area contributed by atoms with Crippen molar-refractivity contribution < 1.29 is 28.9 Å². The van der Waals surface area contributed by atoms with E-state index in [1.165, 1.54) is 11.3 Å². The van der Waals surface area contributed by atoms with E-state index in [0.29, 0.717) is 0 Å². The van der Waals surface area contributed by atoms with Gasteiger partial charge in [0.2, 0.25) is 0 Å². The van der Waals surface area contributed by atoms with Crippen molar-refractivity contribution in [1.82, 2.24) is 10.0 Å². The molecule has 1 N–H and O–H groups in total. The molecule has 0 fully saturated rings. The molecule has 1 heterocycles. The molecule has 1 aromatic rings. The van der Waals surface area contributed by atoms with Crippen LogP contribution in [0, 0.1) is 10.2 Å². The van der Waals surface area contributed by atoms with Gasteiger partial charge in [-0.1, -0.05) is 30.3 Å². The third-order valence-corrected chi connectivity index (χ3v) is 2.48. The summed E-state index contributed by atoms with van der Waals surface area (Å²) in [6.07, 6.45) is 2.25. The van der Waals surface area contributed by atoms with Crippen LogP contribution in [-0.2, 0) is 0 Å². The fourth-order valence-corrected chi connectivity index (χ4v) is 1.57. The molecule has 18 heavy (non-hydrogen) atoms. The number of hydrogen-bond donors (Lipinski definition) is 1. The molecule has 0 unspecified atom stereocenters. The van der Waals surface area contributed by atoms with Gasteiger partial charge in [-0.3, -0.25) is 0 Å². The average molecular weight is 275 g/mol. The predicted molar refractivity (Wildman–Crippen MR) is 57.0 cm³/mol. The normalized spacial score (nSPS) is 16.1. The smallest absolute Gasteiger partial charge is 0.0777 e. The molecule has 0 radical (unpaired) electrons. The van der Waals surface area contributed by atoms with Gasteiger partial charge in [-0.15, -0.1) is 0 Å². The minimum absolute atomic E-state index is 1.00. The van der Waals surface area contributed by atoms with Gasteiger partial charge in [0.15, 0.2) is 0 Å². The second kappa shape index (κ2) is 6.14. The summed E-state index contributed by atoms with van der Waals surface area (Å²) in [4.78, 5) is 0. The SMILES string of the molecule is CN1CC=C(c2ccccc2)N1C.[O-][Cl+3]([O-])([O-])O. The molecule has 0 amide bonds. The van der Waals surface area contributed by atoms with Gasteiger partial charge in [-0.05, 0) is 11.6 Å². The van der Waals surface area contributed by atoms with Crippen LogP contribution in [0.2, 0.25) is 0 Å². The van der Waals surface area contributed by atoms with Crippen molar-refractivity contribution in [2.24, 2.45) is 0 Å². The quantitative estimate of drug-likeness (QED) is 0.619. The fourth-order valence-electron chi connectivity index (χ4n) is 1.57. The number of benzene rings is 1. The van der Waals surface area contributed by atoms with Crippen molar-refractivity contribution >= 4 is 5.70 Å². The topological polar surface area (TPSA) is 95.9 Å². The zero-order valence-electron chi connectivity index (χ0n) is 10.1. The third-order valence-electron chi connectivity index (χ3n) is 2.48. The van der Waals surface area contributed by atoms with Crippen LogP contribution in [0.3, 0.4) is 0 Å². The summed E-state index contributed by atoms with van der Waals surface area (Å²) in [7, 11) is -0.516. The number of hydrogen-bond acceptors (Lipinski definition) is 6. The van der Waals surface area contributed by atoms with Crippen LogP contribution in [0.1, 0.15) is 5.56 Å². The van der Waals surface area contributed by atoms with E-state index in [1.54, 1.807) is 0 Å². The van der Waals surface area contributed by atoms with Gasteiger partial charge in [0.25, 0.3) is 0 Å². The number of hydrazine groups is 1. The second-order valence-electron chi connectivity index (χ2n) is 3.72. The van der Waals surface area contributed by atoms with E-state index in [0.717, 1.165) is 6.54 Å². The summed E-state index contributed by atoms with van der Waals surface area (Å²) in [5, 5.41) is 4.36. The highest BCUT2D eigenvalue weighted by molar-refractivity contribution is 5.65. The van der Waals surface area contributed by atoms with Crippen molar-refractivity contribution in [2.45, 2.75) is 0 Å². The Morgan fingerprint density at radius 1 is 1.11 bits per heavy atom. The lowest BCUT2D eigenvalue weighted by molar-refractivity contribution is -1.92. The monoisotopic (exact) mass is 274 g/mol. The van der Waals surface area contributed by atoms with E-state index in [4.69, 9.17) is 18.6 Å². The van der Waals surface area contributed by atoms with Crippen molar-refractivity contribution in [2.75, 3.05) is 20.6 Å². The largest absolute Gasteiger partial charge is 0.309 e. The van der Waals surface area contributed by atoms with Gasteiger partial charge < -0.3 is 5.01 Å². The Morgan fingerprint density at radius 3 is 2.00 bits per heavy atom. The Labute approximate surface area is 108 Å². The summed E-state index contributed by atoms with van der Waals surface area (Å²) in [6.45, 7) is 1.00. The number of rotatable bonds is 1. The Kier molecular flexibility index (Phi) is 5.09. The van der Waals surface area contributed by atoms with E-state index in [9.17, 15) is 0 Å². The van der Waals surface area contributed by atoms with Crippen LogP contribution in [-0.4, -0.2) is 35.3 Å². The lowest BCUT2D eigenvalue weighted by Gasteiger charge is -2.24. The third kappa shape index (κ3) is 5.01. The van der Waals surface area contributed by atoms with Crippen molar-refractivity contribution in [3.05, 3.63) is 42.0 Å². The molecule has 0 spiro atoms. The molecule has 0 saturated heterocycles. The molecule has 100 valence electrons. The van der Waals surface area contributed by atoms with Crippen LogP contribution in [0.4, 0.5) is 0 Å². The highest BCUT2D eigenvalue weighted by atomic mass is 35.7. The van der Waals surface area contributed by atoms with Crippen LogP contribution >= 0.6 is 0 Å². The summed E-state index contributed by atoms with van der Waals surface area (Å²) in [5.41, 5.74) is 2.58. The zero-order valence-corrected chi connectivity index (χ0v) is 10.9. The van der Waals surface area contributed by atoms with Crippen molar-refractivity contribution in [1.29, 1.82) is 0 Å². The molecule has 6 nitrogen and oxygen atoms in total. The number of nitrogens with zero attached hydrogens (tertiary/aromatic N) is 2. The molecule has 1 aliphatic heterocycles. The second-order valence-corrected chi connectivity index (χ2v) is 4.51. The highest BCUT2D eigenvalue weighted by Crippen LogP contribution is 2.22. The van der Waals surface area contributed by atoms with Gasteiger partial charge in [0.1, 0.15) is 0 Å². The molecule has 0 saturated carbocycles. The Bertz CT molecular complexity index is 399. The van der Waals surface area contributed by atoms with Crippen molar-refractivity contribution in [3.8, 4) is 0 Å². The fraction of sp³-hybridized carbons (Fsp3) is 0.273. The first kappa shape index (κ1) is 14.9. The van der Waals surface area contributed by atoms with Crippen LogP contribution in [0.15, 0.2) is 36.4 Å². The van der Waals surface area contributed by atoms with Gasteiger partial charge >= 0.3 is 0 Å². The summed E-state index contributed by atoms with van der Waals surface area (Å²) < 4.78 is 32.7. The molecule has 0 bridgehead atoms. The van der Waals surface area contributed by atoms with Gasteiger partial charge in [-0.2, -0.15) is 14.0 Å². The Morgan fingerprint density at radius 2 is 1.61 bits per heavy atom. The standard InChI is InChI=1S/C11H14N2.ClHO4/c1-12-9-8-11(13(12)2)10-6-4-3-5-7-10;2-1(3,4)5/h3-8H,9H2,1-2H3;(H,2,3,4,5). The lowest BCUT2D eigenvalue weighted by atomic mass is 10.1. The van der Waals surface area contributed by atoms with E-state index in [2.05, 4.69) is 54.5 Å². The molecular formula is C11H15ClN2O4. The van der Waals surface area contributed by atoms with E-state index >= 15 is 0 Å². The number of likely N-dealkylation sites (N-methyl/N-ethyl adjacent to an activating group) is 1. The molecule has 0 aromatic heterocycles. The van der Waals surface area contributed by atoms with Crippen LogP contribution in [0.25, 0.3) is 5.70 Å². The first-order valence-corrected chi connectivity index (χ1v) is 6.39. The lowest BCUT2D eigenvalue weighted by Crippen LogP contribution is -2.58. The summed E-state index contributed by atoms with van der Waals surface area (Å²) >= 11 is 0. The van der Waals surface area contributed by atoms with Gasteiger partial charge in [0, 0.05) is 20.6 Å². The van der Waals surface area contributed by atoms with Crippen molar-refractivity contribution in [3.63, 3.8) is 0 Å². The predicted octanol–water partition coefficient (Wildman–Crippen LogP) is -2.30. The Hall–Kier alpha value is -1.15. The summed E-state index contributed by atoms with van der Waals surface area (Å²) in [6, 6.07) is 10.5. The first-order chi connectivity index (χ1) is 8.29. The van der Waals surface area contributed by atoms with Gasteiger partial charge in [-0.25, -0.2) is 5.01 Å². The van der Waals surface area contributed by atoms with Crippen LogP contribution in [0.5, 0.6) is 0 Å². The first-order valence-electron chi connectivity index (χ1n) is 5.12. The molecule has 1 aromatic carbocycles.